The van der Waals surface area contributed by atoms with Gasteiger partial charge < -0.3 is 51.6 Å². The topological polar surface area (TPSA) is 247 Å². The molecule has 9 N–H and O–H groups in total. The third-order valence-electron chi connectivity index (χ3n) is 5.51. The van der Waals surface area contributed by atoms with Crippen molar-refractivity contribution in [3.63, 3.8) is 0 Å². The highest BCUT2D eigenvalue weighted by atomic mass is 16.6. The third kappa shape index (κ3) is 8.98. The Morgan fingerprint density at radius 1 is 1.06 bits per heavy atom. The molecule has 0 aliphatic carbocycles. The number of carboxylic acids is 1. The largest absolute Gasteiger partial charge is 0.480 e. The summed E-state index contributed by atoms with van der Waals surface area (Å²) in [6.07, 6.45) is -7.65. The van der Waals surface area contributed by atoms with Gasteiger partial charge in [0.05, 0.1) is 6.61 Å². The SMILES string of the molecule is CC(=O)NC1C(O)OC(CO)C(O)C1OC(C)C(=O)NC(C(=O)NC(CCC(N)=O)C(=O)O)C(C)C. The van der Waals surface area contributed by atoms with Crippen molar-refractivity contribution in [2.24, 2.45) is 11.7 Å². The molecule has 15 nitrogen and oxygen atoms in total. The van der Waals surface area contributed by atoms with Crippen molar-refractivity contribution in [1.82, 2.24) is 16.0 Å². The van der Waals surface area contributed by atoms with Gasteiger partial charge in [-0.25, -0.2) is 4.79 Å². The van der Waals surface area contributed by atoms with Gasteiger partial charge in [-0.2, -0.15) is 0 Å². The van der Waals surface area contributed by atoms with Crippen molar-refractivity contribution in [1.29, 1.82) is 0 Å². The van der Waals surface area contributed by atoms with E-state index in [1.807, 2.05) is 0 Å². The Morgan fingerprint density at radius 3 is 2.14 bits per heavy atom. The minimum atomic E-state index is -1.66. The predicted molar refractivity (Wildman–Crippen MR) is 121 cm³/mol. The second-order valence-corrected chi connectivity index (χ2v) is 8.84. The number of hydrogen-bond donors (Lipinski definition) is 8. The van der Waals surface area contributed by atoms with Gasteiger partial charge in [-0.3, -0.25) is 19.2 Å². The minimum absolute atomic E-state index is 0.241. The summed E-state index contributed by atoms with van der Waals surface area (Å²) in [6.45, 7) is 4.98. The van der Waals surface area contributed by atoms with Crippen LogP contribution in [0.5, 0.6) is 0 Å². The molecule has 1 fully saturated rings. The Balaban J connectivity index is 2.96. The standard InChI is InChI=1S/C21H36N4O11/c1-8(2)14(19(31)24-11(20(32)33)5-6-13(22)28)25-18(30)9(3)35-17-15(23-10(4)27)21(34)36-12(7-26)16(17)29/h8-9,11-12,14-17,21,26,29,34H,5-7H2,1-4H3,(H2,22,28)(H,23,27)(H,24,31)(H,25,30)(H,32,33). The maximum absolute atomic E-state index is 12.8. The number of nitrogens with two attached hydrogens (primary N) is 1. The number of primary amides is 1. The normalized spacial score (nSPS) is 26.4. The summed E-state index contributed by atoms with van der Waals surface area (Å²) in [5.74, 6) is -4.83. The second kappa shape index (κ2) is 14.0. The summed E-state index contributed by atoms with van der Waals surface area (Å²) in [5.41, 5.74) is 5.03. The van der Waals surface area contributed by atoms with E-state index in [0.717, 1.165) is 6.92 Å². The first-order valence-electron chi connectivity index (χ1n) is 11.4. The van der Waals surface area contributed by atoms with Crippen LogP contribution in [0, 0.1) is 5.92 Å². The molecule has 1 aliphatic rings. The lowest BCUT2D eigenvalue weighted by Crippen LogP contribution is -2.65. The van der Waals surface area contributed by atoms with E-state index in [1.54, 1.807) is 13.8 Å². The lowest BCUT2D eigenvalue weighted by molar-refractivity contribution is -0.266. The van der Waals surface area contributed by atoms with Crippen LogP contribution < -0.4 is 21.7 Å². The van der Waals surface area contributed by atoms with Crippen LogP contribution in [-0.4, -0.2) is 105 Å². The number of aliphatic hydroxyl groups excluding tert-OH is 3. The maximum Gasteiger partial charge on any atom is 0.326 e. The number of carboxylic acid groups (broad SMARTS) is 1. The fourth-order valence-electron chi connectivity index (χ4n) is 3.54. The van der Waals surface area contributed by atoms with Gasteiger partial charge in [0.1, 0.15) is 42.5 Å². The molecule has 1 aliphatic heterocycles. The van der Waals surface area contributed by atoms with Crippen LogP contribution in [0.3, 0.4) is 0 Å². The Kier molecular flexibility index (Phi) is 12.2. The monoisotopic (exact) mass is 520 g/mol. The molecule has 0 spiro atoms. The van der Waals surface area contributed by atoms with E-state index in [9.17, 15) is 44.4 Å². The molecule has 0 aromatic rings. The Labute approximate surface area is 207 Å². The lowest BCUT2D eigenvalue weighted by Gasteiger charge is -2.43. The molecular formula is C21H36N4O11. The van der Waals surface area contributed by atoms with Crippen molar-refractivity contribution in [3.8, 4) is 0 Å². The van der Waals surface area contributed by atoms with Crippen molar-refractivity contribution in [3.05, 3.63) is 0 Å². The zero-order chi connectivity index (χ0) is 27.7. The summed E-state index contributed by atoms with van der Waals surface area (Å²) in [7, 11) is 0. The summed E-state index contributed by atoms with van der Waals surface area (Å²) in [5, 5.41) is 46.5. The predicted octanol–water partition coefficient (Wildman–Crippen LogP) is -3.69. The molecule has 206 valence electrons. The Bertz CT molecular complexity index is 809. The number of aliphatic hydroxyl groups is 3. The van der Waals surface area contributed by atoms with Crippen molar-refractivity contribution in [2.75, 3.05) is 6.61 Å². The number of nitrogens with one attached hydrogen (secondary N) is 3. The summed E-state index contributed by atoms with van der Waals surface area (Å²) >= 11 is 0. The van der Waals surface area contributed by atoms with E-state index in [4.69, 9.17) is 15.2 Å². The van der Waals surface area contributed by atoms with Crippen LogP contribution in [0.4, 0.5) is 0 Å². The zero-order valence-electron chi connectivity index (χ0n) is 20.5. The van der Waals surface area contributed by atoms with Crippen LogP contribution in [0.2, 0.25) is 0 Å². The van der Waals surface area contributed by atoms with E-state index in [-0.39, 0.29) is 12.8 Å². The number of amides is 4. The number of ether oxygens (including phenoxy) is 2. The molecule has 15 heteroatoms. The van der Waals surface area contributed by atoms with Gasteiger partial charge in [0, 0.05) is 13.3 Å². The summed E-state index contributed by atoms with van der Waals surface area (Å²) in [6, 6.07) is -3.88. The maximum atomic E-state index is 12.8. The number of carbonyl (C=O) groups excluding carboxylic acids is 4. The van der Waals surface area contributed by atoms with E-state index >= 15 is 0 Å². The first kappa shape index (κ1) is 31.2. The van der Waals surface area contributed by atoms with Crippen molar-refractivity contribution in [2.45, 2.75) is 89.4 Å². The highest BCUT2D eigenvalue weighted by molar-refractivity contribution is 5.91. The van der Waals surface area contributed by atoms with Crippen LogP contribution in [-0.2, 0) is 33.4 Å². The average Bonchev–Trinajstić information content (AvgIpc) is 2.77. The fourth-order valence-corrected chi connectivity index (χ4v) is 3.54. The van der Waals surface area contributed by atoms with Gasteiger partial charge in [-0.05, 0) is 19.3 Å². The first-order valence-corrected chi connectivity index (χ1v) is 11.4. The fraction of sp³-hybridized carbons (Fsp3) is 0.762. The van der Waals surface area contributed by atoms with Gasteiger partial charge >= 0.3 is 5.97 Å². The smallest absolute Gasteiger partial charge is 0.326 e. The Morgan fingerprint density at radius 2 is 1.67 bits per heavy atom. The first-order chi connectivity index (χ1) is 16.7. The Hall–Kier alpha value is -2.85. The number of hydrogen-bond acceptors (Lipinski definition) is 10. The molecule has 36 heavy (non-hydrogen) atoms. The summed E-state index contributed by atoms with van der Waals surface area (Å²) in [4.78, 5) is 59.5. The van der Waals surface area contributed by atoms with Crippen molar-refractivity contribution >= 4 is 29.6 Å². The molecule has 0 aromatic heterocycles. The summed E-state index contributed by atoms with van der Waals surface area (Å²) < 4.78 is 10.7. The molecule has 0 aromatic carbocycles. The molecular weight excluding hydrogens is 484 g/mol. The van der Waals surface area contributed by atoms with Gasteiger partial charge in [0.15, 0.2) is 6.29 Å². The van der Waals surface area contributed by atoms with Gasteiger partial charge in [-0.1, -0.05) is 13.8 Å². The molecule has 1 saturated heterocycles. The number of aliphatic carboxylic acids is 1. The lowest BCUT2D eigenvalue weighted by atomic mass is 9.96. The molecule has 8 atom stereocenters. The molecule has 0 saturated carbocycles. The number of rotatable bonds is 13. The molecule has 8 unspecified atom stereocenters. The van der Waals surface area contributed by atoms with Crippen LogP contribution in [0.1, 0.15) is 40.5 Å². The average molecular weight is 521 g/mol. The van der Waals surface area contributed by atoms with E-state index in [0.29, 0.717) is 0 Å². The molecule has 4 amide bonds. The molecule has 1 heterocycles. The van der Waals surface area contributed by atoms with Gasteiger partial charge in [0.2, 0.25) is 23.6 Å². The second-order valence-electron chi connectivity index (χ2n) is 8.84. The zero-order valence-corrected chi connectivity index (χ0v) is 20.5. The molecule has 0 radical (unpaired) electrons. The molecule has 1 rings (SSSR count). The third-order valence-corrected chi connectivity index (χ3v) is 5.51. The van der Waals surface area contributed by atoms with Crippen molar-refractivity contribution < 1.29 is 53.9 Å². The minimum Gasteiger partial charge on any atom is -0.480 e. The molecule has 0 bridgehead atoms. The van der Waals surface area contributed by atoms with E-state index < -0.39 is 91.0 Å². The van der Waals surface area contributed by atoms with Crippen LogP contribution in [0.15, 0.2) is 0 Å². The van der Waals surface area contributed by atoms with Gasteiger partial charge in [-0.15, -0.1) is 0 Å². The van der Waals surface area contributed by atoms with E-state index in [1.165, 1.54) is 6.92 Å². The number of carbonyl (C=O) groups is 5. The van der Waals surface area contributed by atoms with Crippen LogP contribution in [0.25, 0.3) is 0 Å². The quantitative estimate of drug-likeness (QED) is 0.117. The van der Waals surface area contributed by atoms with Gasteiger partial charge in [0.25, 0.3) is 0 Å². The van der Waals surface area contributed by atoms with Crippen LogP contribution >= 0.6 is 0 Å². The highest BCUT2D eigenvalue weighted by Crippen LogP contribution is 2.24. The van der Waals surface area contributed by atoms with E-state index in [2.05, 4.69) is 16.0 Å². The highest BCUT2D eigenvalue weighted by Gasteiger charge is 2.47.